The predicted octanol–water partition coefficient (Wildman–Crippen LogP) is -0.0432. The number of aliphatic hydroxyl groups is 4. The first-order chi connectivity index (χ1) is 23.2. The van der Waals surface area contributed by atoms with Crippen LogP contribution in [-0.4, -0.2) is 122 Å². The number of hydrogen-bond acceptors (Lipinski definition) is 18. The van der Waals surface area contributed by atoms with Crippen LogP contribution in [0.25, 0.3) is 22.3 Å². The molecule has 20 nitrogen and oxygen atoms in total. The summed E-state index contributed by atoms with van der Waals surface area (Å²) in [6, 6.07) is 0. The molecule has 0 saturated carbocycles. The van der Waals surface area contributed by atoms with Crippen molar-refractivity contribution in [1.82, 2.24) is 39.0 Å². The van der Waals surface area contributed by atoms with Crippen molar-refractivity contribution in [3.63, 3.8) is 0 Å². The van der Waals surface area contributed by atoms with Crippen LogP contribution in [0.2, 0.25) is 0 Å². The molecule has 4 aromatic rings. The first kappa shape index (κ1) is 35.1. The molecule has 0 amide bonds. The third-order valence-electron chi connectivity index (χ3n) is 7.66. The third kappa shape index (κ3) is 7.11. The molecular formula is C24H32N10O10P2S2. The summed E-state index contributed by atoms with van der Waals surface area (Å²) in [6.45, 7) is -0.224. The fourth-order valence-electron chi connectivity index (χ4n) is 5.51. The molecule has 0 bridgehead atoms. The zero-order chi connectivity index (χ0) is 33.9. The summed E-state index contributed by atoms with van der Waals surface area (Å²) >= 11 is 7.59. The maximum atomic E-state index is 11.7. The van der Waals surface area contributed by atoms with E-state index >= 15 is 0 Å². The molecule has 3 unspecified atom stereocenters. The lowest BCUT2D eigenvalue weighted by Gasteiger charge is -2.20. The second-order valence-corrected chi connectivity index (χ2v) is 14.2. The summed E-state index contributed by atoms with van der Waals surface area (Å²) in [5, 5.41) is 46.9. The number of imidazole rings is 2. The van der Waals surface area contributed by atoms with Crippen LogP contribution in [0.3, 0.4) is 0 Å². The maximum absolute atomic E-state index is 11.7. The lowest BCUT2D eigenvalue weighted by atomic mass is 10.1. The smallest absolute Gasteiger partial charge is 0.243 e. The minimum absolute atomic E-state index is 0.354. The molecule has 6 N–H and O–H groups in total. The van der Waals surface area contributed by atoms with E-state index in [2.05, 4.69) is 65.0 Å². The minimum Gasteiger partial charge on any atom is -0.394 e. The number of ether oxygens (including phenoxy) is 2. The van der Waals surface area contributed by atoms with Crippen LogP contribution >= 0.6 is 39.0 Å². The predicted molar refractivity (Wildman–Crippen MR) is 176 cm³/mol. The fraction of sp³-hybridized carbons (Fsp3) is 0.500. The molecule has 260 valence electrons. The number of nitrogens with zero attached hydrogens (tertiary/aromatic N) is 8. The Bertz CT molecular complexity index is 1820. The number of rotatable bonds is 14. The summed E-state index contributed by atoms with van der Waals surface area (Å²) in [4.78, 5) is 25.8. The zero-order valence-electron chi connectivity index (χ0n) is 24.6. The van der Waals surface area contributed by atoms with E-state index in [0.717, 1.165) is 0 Å². The third-order valence-corrected chi connectivity index (χ3v) is 9.24. The number of hydrogen-bond donors (Lipinski definition) is 8. The monoisotopic (exact) mass is 746 g/mol. The quantitative estimate of drug-likeness (QED) is 0.0478. The van der Waals surface area contributed by atoms with E-state index in [4.69, 9.17) is 18.5 Å². The maximum Gasteiger partial charge on any atom is 0.243 e. The highest BCUT2D eigenvalue weighted by Gasteiger charge is 2.47. The Morgan fingerprint density at radius 2 is 1.25 bits per heavy atom. The minimum atomic E-state index is -2.74. The van der Waals surface area contributed by atoms with Crippen molar-refractivity contribution in [1.29, 1.82) is 0 Å². The molecule has 4 aromatic heterocycles. The van der Waals surface area contributed by atoms with Gasteiger partial charge in [0.25, 0.3) is 0 Å². The van der Waals surface area contributed by atoms with Crippen molar-refractivity contribution in [3.05, 3.63) is 37.5 Å². The van der Waals surface area contributed by atoms with Gasteiger partial charge in [-0.1, -0.05) is 36.6 Å². The van der Waals surface area contributed by atoms with Gasteiger partial charge in [0, 0.05) is 13.1 Å². The van der Waals surface area contributed by atoms with E-state index in [0.29, 0.717) is 47.1 Å². The van der Waals surface area contributed by atoms with Gasteiger partial charge >= 0.3 is 0 Å². The van der Waals surface area contributed by atoms with Gasteiger partial charge in [0.2, 0.25) is 14.5 Å². The number of aliphatic hydroxyl groups excluding tert-OH is 4. The highest BCUT2D eigenvalue weighted by atomic mass is 32.7. The number of nitrogens with one attached hydrogen (secondary N) is 2. The van der Waals surface area contributed by atoms with Gasteiger partial charge < -0.3 is 49.6 Å². The van der Waals surface area contributed by atoms with Gasteiger partial charge in [-0.15, -0.1) is 0 Å². The molecule has 6 rings (SSSR count). The van der Waals surface area contributed by atoms with Crippen molar-refractivity contribution >= 4 is 72.9 Å². The van der Waals surface area contributed by atoms with Crippen LogP contribution in [0.5, 0.6) is 0 Å². The Morgan fingerprint density at radius 1 is 0.750 bits per heavy atom. The molecule has 2 fully saturated rings. The normalized spacial score (nSPS) is 28.9. The molecule has 2 aliphatic heterocycles. The first-order valence-corrected chi connectivity index (χ1v) is 19.6. The van der Waals surface area contributed by atoms with E-state index in [9.17, 15) is 29.6 Å². The van der Waals surface area contributed by atoms with Crippen LogP contribution in [0.1, 0.15) is 12.5 Å². The first-order valence-electron chi connectivity index (χ1n) is 14.4. The van der Waals surface area contributed by atoms with Crippen molar-refractivity contribution in [2.24, 2.45) is 0 Å². The van der Waals surface area contributed by atoms with Crippen LogP contribution in [0.15, 0.2) is 37.5 Å². The molecule has 48 heavy (non-hydrogen) atoms. The summed E-state index contributed by atoms with van der Waals surface area (Å²) < 4.78 is 48.3. The van der Waals surface area contributed by atoms with E-state index in [-0.39, 0.29) is 0 Å². The van der Waals surface area contributed by atoms with Crippen LogP contribution in [0, 0.1) is 0 Å². The molecule has 24 heteroatoms. The average Bonchev–Trinajstić information content (AvgIpc) is 3.83. The van der Waals surface area contributed by atoms with E-state index in [1.165, 1.54) is 34.4 Å². The summed E-state index contributed by atoms with van der Waals surface area (Å²) in [6.07, 6.45) is 0.673. The van der Waals surface area contributed by atoms with Gasteiger partial charge in [0.05, 0.1) is 25.9 Å². The van der Waals surface area contributed by atoms with Gasteiger partial charge in [0.1, 0.15) is 49.3 Å². The van der Waals surface area contributed by atoms with Crippen molar-refractivity contribution in [2.75, 3.05) is 36.9 Å². The van der Waals surface area contributed by atoms with Gasteiger partial charge in [0.15, 0.2) is 46.4 Å². The molecule has 2 aliphatic rings. The average molecular weight is 747 g/mol. The Labute approximate surface area is 283 Å². The van der Waals surface area contributed by atoms with Crippen molar-refractivity contribution < 1.29 is 48.1 Å². The largest absolute Gasteiger partial charge is 0.394 e. The van der Waals surface area contributed by atoms with Crippen LogP contribution in [-0.2, 0) is 27.7 Å². The molecule has 2 saturated heterocycles. The molecule has 0 aliphatic carbocycles. The second-order valence-electron chi connectivity index (χ2n) is 10.5. The highest BCUT2D eigenvalue weighted by Crippen LogP contribution is 2.42. The number of anilines is 2. The topological polar surface area (TPSA) is 263 Å². The SMILES string of the molecule is O=[PH](S)O[C@@H]1[C@H](O)[C@@H](CO)O[C@H]1n1cnc2c(NC/C=C/CNc3ncnc4c3ncn4[C@@H]3OC(CO)[C@@H](O[PH](=O)S)[C@H]3O)ncnc21. The Hall–Kier alpha value is -2.72. The van der Waals surface area contributed by atoms with E-state index < -0.39 is 76.8 Å². The second kappa shape index (κ2) is 15.4. The molecule has 0 aromatic carbocycles. The summed E-state index contributed by atoms with van der Waals surface area (Å²) in [7, 11) is -5.45. The standard InChI is InChI=1S/C24H32N10O10P2S2/c35-5-11-15(37)18(44-46(40)48)24(41-11)34-10-32-14-20(28-8-30-22(14)34)26-4-2-1-3-25-19-13-21(29-7-27-19)33(9-31-13)23-16(38)17(43-45(39)47)12(6-36)42-23/h1-2,7-12,15-18,23-24,35-38,45-46H,3-6H2,(H,39,47)(H,40,48)(H,25,27,29)(H,26,28,30)/b2-1+/t11-,12?,15-,16-,17-,18-,23-,24-/m1/s1. The number of fused-ring (bicyclic) bond motifs is 2. The van der Waals surface area contributed by atoms with Gasteiger partial charge in [-0.05, 0) is 0 Å². The molecule has 6 heterocycles. The van der Waals surface area contributed by atoms with Gasteiger partial charge in [-0.3, -0.25) is 18.3 Å². The van der Waals surface area contributed by atoms with Gasteiger partial charge in [-0.25, -0.2) is 29.9 Å². The lowest BCUT2D eigenvalue weighted by Crippen LogP contribution is -2.34. The molecule has 10 atom stereocenters. The Morgan fingerprint density at radius 3 is 1.77 bits per heavy atom. The van der Waals surface area contributed by atoms with Crippen molar-refractivity contribution in [2.45, 2.75) is 49.1 Å². The number of aromatic nitrogens is 8. The Balaban J connectivity index is 1.08. The van der Waals surface area contributed by atoms with Crippen molar-refractivity contribution in [3.8, 4) is 0 Å². The van der Waals surface area contributed by atoms with Gasteiger partial charge in [-0.2, -0.15) is 0 Å². The van der Waals surface area contributed by atoms with Crippen LogP contribution in [0.4, 0.5) is 11.6 Å². The number of thiol groups is 2. The van der Waals surface area contributed by atoms with E-state index in [1.54, 1.807) is 0 Å². The van der Waals surface area contributed by atoms with Crippen LogP contribution < -0.4 is 10.6 Å². The Kier molecular flexibility index (Phi) is 11.3. The zero-order valence-corrected chi connectivity index (χ0v) is 28.4. The summed E-state index contributed by atoms with van der Waals surface area (Å²) in [5.41, 5.74) is 1.53. The molecular weight excluding hydrogens is 714 g/mol. The van der Waals surface area contributed by atoms with E-state index in [1.807, 2.05) is 12.2 Å². The molecule has 0 spiro atoms. The lowest BCUT2D eigenvalue weighted by molar-refractivity contribution is -0.0502. The molecule has 0 radical (unpaired) electrons. The fourth-order valence-corrected chi connectivity index (χ4v) is 7.25. The summed E-state index contributed by atoms with van der Waals surface area (Å²) in [5.74, 6) is 0.845. The highest BCUT2D eigenvalue weighted by molar-refractivity contribution is 8.39.